The second-order valence-electron chi connectivity index (χ2n) is 4.52. The van der Waals surface area contributed by atoms with Crippen LogP contribution in [0.2, 0.25) is 0 Å². The van der Waals surface area contributed by atoms with Crippen molar-refractivity contribution in [3.05, 3.63) is 59.2 Å². The van der Waals surface area contributed by atoms with Crippen molar-refractivity contribution in [3.63, 3.8) is 0 Å². The fourth-order valence-corrected chi connectivity index (χ4v) is 3.13. The van der Waals surface area contributed by atoms with Gasteiger partial charge in [0.25, 0.3) is 10.0 Å². The first-order chi connectivity index (χ1) is 10.2. The molecule has 0 unspecified atom stereocenters. The number of benzene rings is 2. The Morgan fingerprint density at radius 1 is 1.14 bits per heavy atom. The summed E-state index contributed by atoms with van der Waals surface area (Å²) in [6, 6.07) is 5.86. The van der Waals surface area contributed by atoms with Gasteiger partial charge in [-0.3, -0.25) is 4.72 Å². The third-order valence-corrected chi connectivity index (χ3v) is 4.40. The topological polar surface area (TPSA) is 83.5 Å². The summed E-state index contributed by atoms with van der Waals surface area (Å²) < 4.78 is 53.1. The van der Waals surface area contributed by atoms with Gasteiger partial charge in [-0.15, -0.1) is 0 Å². The molecule has 0 aromatic heterocycles. The molecule has 0 fully saturated rings. The Hall–Kier alpha value is -2.48. The van der Waals surface area contributed by atoms with Crippen LogP contribution in [0.4, 0.5) is 14.5 Å². The monoisotopic (exact) mass is 327 g/mol. The Labute approximate surface area is 125 Å². The first kappa shape index (κ1) is 15.9. The maximum Gasteiger partial charge on any atom is 0.335 e. The van der Waals surface area contributed by atoms with Gasteiger partial charge in [-0.1, -0.05) is 6.07 Å². The lowest BCUT2D eigenvalue weighted by Crippen LogP contribution is -2.16. The molecular weight excluding hydrogens is 316 g/mol. The average Bonchev–Trinajstić information content (AvgIpc) is 2.42. The van der Waals surface area contributed by atoms with Gasteiger partial charge in [-0.05, 0) is 36.8 Å². The Kier molecular flexibility index (Phi) is 4.14. The zero-order valence-electron chi connectivity index (χ0n) is 11.3. The van der Waals surface area contributed by atoms with Gasteiger partial charge < -0.3 is 5.11 Å². The summed E-state index contributed by atoms with van der Waals surface area (Å²) in [5.74, 6) is -3.06. The number of aryl methyl sites for hydroxylation is 1. The number of carbonyl (C=O) groups is 1. The highest BCUT2D eigenvalue weighted by atomic mass is 32.2. The maximum atomic E-state index is 13.5. The van der Waals surface area contributed by atoms with E-state index in [1.54, 1.807) is 0 Å². The van der Waals surface area contributed by atoms with Crippen molar-refractivity contribution in [2.24, 2.45) is 0 Å². The molecule has 0 atom stereocenters. The number of anilines is 1. The van der Waals surface area contributed by atoms with Gasteiger partial charge in [0.15, 0.2) is 0 Å². The molecule has 2 N–H and O–H groups in total. The molecule has 0 amide bonds. The van der Waals surface area contributed by atoms with E-state index in [1.165, 1.54) is 19.1 Å². The van der Waals surface area contributed by atoms with Crippen LogP contribution < -0.4 is 4.72 Å². The normalized spacial score (nSPS) is 11.2. The molecule has 0 aliphatic rings. The number of sulfonamides is 1. The zero-order valence-corrected chi connectivity index (χ0v) is 12.1. The molecule has 2 aromatic carbocycles. The molecule has 0 aliphatic heterocycles. The van der Waals surface area contributed by atoms with E-state index in [2.05, 4.69) is 0 Å². The molecule has 5 nitrogen and oxygen atoms in total. The minimum Gasteiger partial charge on any atom is -0.478 e. The maximum absolute atomic E-state index is 13.5. The number of hydrogen-bond donors (Lipinski definition) is 2. The Balaban J connectivity index is 2.49. The highest BCUT2D eigenvalue weighted by Gasteiger charge is 2.20. The molecule has 0 bridgehead atoms. The third-order valence-electron chi connectivity index (χ3n) is 2.90. The van der Waals surface area contributed by atoms with Crippen LogP contribution in [0, 0.1) is 18.6 Å². The lowest BCUT2D eigenvalue weighted by Gasteiger charge is -2.11. The second kappa shape index (κ2) is 5.72. The van der Waals surface area contributed by atoms with E-state index >= 15 is 0 Å². The molecule has 0 saturated heterocycles. The molecule has 22 heavy (non-hydrogen) atoms. The van der Waals surface area contributed by atoms with Crippen molar-refractivity contribution >= 4 is 21.7 Å². The molecule has 0 radical (unpaired) electrons. The van der Waals surface area contributed by atoms with Crippen LogP contribution >= 0.6 is 0 Å². The number of halogens is 2. The number of aromatic carboxylic acids is 1. The van der Waals surface area contributed by atoms with Crippen molar-refractivity contribution in [3.8, 4) is 0 Å². The molecule has 2 aromatic rings. The number of rotatable bonds is 4. The van der Waals surface area contributed by atoms with Crippen LogP contribution in [0.5, 0.6) is 0 Å². The molecule has 8 heteroatoms. The molecule has 0 spiro atoms. The van der Waals surface area contributed by atoms with Gasteiger partial charge in [0.05, 0.1) is 16.1 Å². The predicted molar refractivity (Wildman–Crippen MR) is 75.3 cm³/mol. The smallest absolute Gasteiger partial charge is 0.335 e. The number of carboxylic acids is 1. The summed E-state index contributed by atoms with van der Waals surface area (Å²) >= 11 is 0. The van der Waals surface area contributed by atoms with Gasteiger partial charge in [-0.2, -0.15) is 0 Å². The van der Waals surface area contributed by atoms with E-state index in [4.69, 9.17) is 5.11 Å². The van der Waals surface area contributed by atoms with Gasteiger partial charge in [0.1, 0.15) is 11.6 Å². The molecule has 0 saturated carbocycles. The minimum absolute atomic E-state index is 0.231. The van der Waals surface area contributed by atoms with E-state index in [-0.39, 0.29) is 16.0 Å². The fraction of sp³-hybridized carbons (Fsp3) is 0.0714. The minimum atomic E-state index is -4.26. The molecule has 2 rings (SSSR count). The van der Waals surface area contributed by atoms with Crippen LogP contribution in [0.15, 0.2) is 41.3 Å². The summed E-state index contributed by atoms with van der Waals surface area (Å²) in [6.45, 7) is 1.46. The van der Waals surface area contributed by atoms with Gasteiger partial charge in [-0.25, -0.2) is 22.0 Å². The molecular formula is C14H11F2NO4S. The fourth-order valence-electron chi connectivity index (χ4n) is 1.80. The largest absolute Gasteiger partial charge is 0.478 e. The van der Waals surface area contributed by atoms with Crippen LogP contribution in [-0.4, -0.2) is 19.5 Å². The highest BCUT2D eigenvalue weighted by Crippen LogP contribution is 2.23. The van der Waals surface area contributed by atoms with E-state index < -0.39 is 33.3 Å². The highest BCUT2D eigenvalue weighted by molar-refractivity contribution is 7.92. The summed E-state index contributed by atoms with van der Waals surface area (Å²) in [5.41, 5.74) is -0.514. The van der Waals surface area contributed by atoms with Crippen molar-refractivity contribution in [1.29, 1.82) is 0 Å². The van der Waals surface area contributed by atoms with Crippen molar-refractivity contribution in [2.45, 2.75) is 11.8 Å². The molecule has 116 valence electrons. The lowest BCUT2D eigenvalue weighted by atomic mass is 10.1. The SMILES string of the molecule is Cc1ccc(C(=O)O)cc1S(=O)(=O)Nc1cc(F)ccc1F. The first-order valence-corrected chi connectivity index (χ1v) is 7.51. The van der Waals surface area contributed by atoms with Crippen LogP contribution in [0.25, 0.3) is 0 Å². The summed E-state index contributed by atoms with van der Waals surface area (Å²) in [5, 5.41) is 8.91. The van der Waals surface area contributed by atoms with Crippen LogP contribution in [-0.2, 0) is 10.0 Å². The third kappa shape index (κ3) is 3.22. The van der Waals surface area contributed by atoms with E-state index in [0.29, 0.717) is 6.07 Å². The van der Waals surface area contributed by atoms with Gasteiger partial charge in [0.2, 0.25) is 0 Å². The Bertz CT molecular complexity index is 850. The van der Waals surface area contributed by atoms with E-state index in [0.717, 1.165) is 18.2 Å². The zero-order chi connectivity index (χ0) is 16.5. The van der Waals surface area contributed by atoms with Crippen LogP contribution in [0.3, 0.4) is 0 Å². The van der Waals surface area contributed by atoms with Crippen molar-refractivity contribution in [2.75, 3.05) is 4.72 Å². The molecule has 0 heterocycles. The number of hydrogen-bond acceptors (Lipinski definition) is 3. The summed E-state index contributed by atoms with van der Waals surface area (Å²) in [6.07, 6.45) is 0. The Morgan fingerprint density at radius 2 is 1.82 bits per heavy atom. The second-order valence-corrected chi connectivity index (χ2v) is 6.17. The van der Waals surface area contributed by atoms with E-state index in [1.807, 2.05) is 4.72 Å². The Morgan fingerprint density at radius 3 is 2.45 bits per heavy atom. The summed E-state index contributed by atoms with van der Waals surface area (Å²) in [7, 11) is -4.26. The summed E-state index contributed by atoms with van der Waals surface area (Å²) in [4.78, 5) is 10.6. The van der Waals surface area contributed by atoms with Gasteiger partial charge in [0, 0.05) is 6.07 Å². The van der Waals surface area contributed by atoms with Gasteiger partial charge >= 0.3 is 5.97 Å². The quantitative estimate of drug-likeness (QED) is 0.904. The van der Waals surface area contributed by atoms with Crippen molar-refractivity contribution in [1.82, 2.24) is 0 Å². The predicted octanol–water partition coefficient (Wildman–Crippen LogP) is 2.77. The van der Waals surface area contributed by atoms with Crippen molar-refractivity contribution < 1.29 is 27.1 Å². The number of nitrogens with one attached hydrogen (secondary N) is 1. The molecule has 0 aliphatic carbocycles. The lowest BCUT2D eigenvalue weighted by molar-refractivity contribution is 0.0696. The van der Waals surface area contributed by atoms with Crippen LogP contribution in [0.1, 0.15) is 15.9 Å². The van der Waals surface area contributed by atoms with E-state index in [9.17, 15) is 22.0 Å². The average molecular weight is 327 g/mol. The standard InChI is InChI=1S/C14H11F2NO4S/c1-8-2-3-9(14(18)19)6-13(8)22(20,21)17-12-7-10(15)4-5-11(12)16/h2-7,17H,1H3,(H,18,19). The first-order valence-electron chi connectivity index (χ1n) is 6.02. The number of carboxylic acid groups (broad SMARTS) is 1.